The quantitative estimate of drug-likeness (QED) is 0.156. The van der Waals surface area contributed by atoms with Crippen molar-refractivity contribution in [3.63, 3.8) is 0 Å². The number of thioether (sulfide) groups is 1. The van der Waals surface area contributed by atoms with Crippen LogP contribution in [0.4, 0.5) is 0 Å². The molecule has 4 nitrogen and oxygen atoms in total. The standard InChI is InChI=1S/C51H49N3OS.Pt/c1-31-23-38-39-27-36(50(5,6)7)28-41-46(39)54(47-40(51(41,8)9)21-16-22-52-47)43(38)29-44(31)55-37-25-34(24-35(26-37)49(2,3)4)48-53-42(30-56-48)45(32-17-12-10-13-18-32)33-19-14-11-15-20-33;/h10-24,26-28,42,45H,30H2,1-9H3;/q-2;+2/t42-;/m0./s1. The van der Waals surface area contributed by atoms with E-state index in [0.29, 0.717) is 11.5 Å². The molecular formula is C51H49N3OPtS. The number of aryl methyl sites for hydroxylation is 1. The Kier molecular flexibility index (Phi) is 9.97. The Labute approximate surface area is 356 Å². The molecule has 5 aromatic carbocycles. The van der Waals surface area contributed by atoms with Gasteiger partial charge >= 0.3 is 21.1 Å². The van der Waals surface area contributed by atoms with Crippen LogP contribution in [0.25, 0.3) is 27.6 Å². The van der Waals surface area contributed by atoms with E-state index in [1.54, 1.807) is 0 Å². The van der Waals surface area contributed by atoms with Gasteiger partial charge in [0.05, 0.1) is 6.04 Å². The topological polar surface area (TPSA) is 39.4 Å². The summed E-state index contributed by atoms with van der Waals surface area (Å²) in [7, 11) is 0. The molecule has 290 valence electrons. The summed E-state index contributed by atoms with van der Waals surface area (Å²) in [5.41, 5.74) is 11.4. The monoisotopic (exact) mass is 946 g/mol. The number of benzene rings is 5. The molecule has 0 aliphatic carbocycles. The minimum Gasteiger partial charge on any atom is -0.503 e. The molecule has 0 bridgehead atoms. The number of aliphatic imine (C=N–C) groups is 1. The van der Waals surface area contributed by atoms with Gasteiger partial charge in [-0.3, -0.25) is 0 Å². The van der Waals surface area contributed by atoms with Gasteiger partial charge in [0.15, 0.2) is 0 Å². The van der Waals surface area contributed by atoms with Crippen molar-refractivity contribution in [3.05, 3.63) is 166 Å². The molecule has 0 radical (unpaired) electrons. The van der Waals surface area contributed by atoms with Crippen LogP contribution in [0.5, 0.6) is 11.5 Å². The van der Waals surface area contributed by atoms with E-state index in [1.165, 1.54) is 44.3 Å². The third-order valence-corrected chi connectivity index (χ3v) is 12.9. The van der Waals surface area contributed by atoms with Crippen LogP contribution in [0.3, 0.4) is 0 Å². The summed E-state index contributed by atoms with van der Waals surface area (Å²) < 4.78 is 9.23. The molecule has 0 N–H and O–H groups in total. The fourth-order valence-corrected chi connectivity index (χ4v) is 9.63. The molecule has 7 aromatic rings. The molecule has 2 aromatic heterocycles. The molecule has 2 aliphatic heterocycles. The summed E-state index contributed by atoms with van der Waals surface area (Å²) in [6.07, 6.45) is 1.90. The van der Waals surface area contributed by atoms with E-state index in [4.69, 9.17) is 14.7 Å². The zero-order chi connectivity index (χ0) is 39.1. The second-order valence-corrected chi connectivity index (χ2v) is 19.2. The van der Waals surface area contributed by atoms with Gasteiger partial charge in [-0.15, -0.1) is 34.2 Å². The molecule has 0 amide bonds. The van der Waals surface area contributed by atoms with E-state index >= 15 is 0 Å². The summed E-state index contributed by atoms with van der Waals surface area (Å²) in [4.78, 5) is 10.4. The van der Waals surface area contributed by atoms with E-state index in [0.717, 1.165) is 38.6 Å². The Balaban J connectivity index is 0.00000455. The fraction of sp³-hybridized carbons (Fsp3) is 0.294. The summed E-state index contributed by atoms with van der Waals surface area (Å²) in [6, 6.07) is 44.9. The van der Waals surface area contributed by atoms with Crippen LogP contribution >= 0.6 is 11.8 Å². The van der Waals surface area contributed by atoms with Crippen molar-refractivity contribution in [3.8, 4) is 17.3 Å². The second kappa shape index (κ2) is 14.4. The molecule has 6 heteroatoms. The van der Waals surface area contributed by atoms with Crippen LogP contribution in [-0.2, 0) is 37.3 Å². The largest absolute Gasteiger partial charge is 2.00 e. The first-order valence-corrected chi connectivity index (χ1v) is 20.8. The van der Waals surface area contributed by atoms with Crippen LogP contribution in [0.2, 0.25) is 0 Å². The van der Waals surface area contributed by atoms with Crippen molar-refractivity contribution in [2.24, 2.45) is 4.99 Å². The molecule has 0 fully saturated rings. The Bertz CT molecular complexity index is 2640. The summed E-state index contributed by atoms with van der Waals surface area (Å²) in [5.74, 6) is 3.38. The van der Waals surface area contributed by atoms with E-state index < -0.39 is 0 Å². The van der Waals surface area contributed by atoms with Crippen molar-refractivity contribution in [2.45, 2.75) is 90.5 Å². The van der Waals surface area contributed by atoms with Gasteiger partial charge in [-0.05, 0) is 44.5 Å². The summed E-state index contributed by atoms with van der Waals surface area (Å²) in [6.45, 7) is 20.4. The van der Waals surface area contributed by atoms with Crippen LogP contribution in [0, 0.1) is 19.1 Å². The molecule has 4 heterocycles. The van der Waals surface area contributed by atoms with Gasteiger partial charge in [0.2, 0.25) is 0 Å². The molecule has 0 spiro atoms. The van der Waals surface area contributed by atoms with E-state index in [9.17, 15) is 0 Å². The third-order valence-electron chi connectivity index (χ3n) is 11.8. The summed E-state index contributed by atoms with van der Waals surface area (Å²) >= 11 is 1.82. The Morgan fingerprint density at radius 3 is 2.07 bits per heavy atom. The molecule has 1 atom stereocenters. The maximum Gasteiger partial charge on any atom is 2.00 e. The zero-order valence-corrected chi connectivity index (χ0v) is 37.3. The maximum absolute atomic E-state index is 6.91. The molecule has 9 rings (SSSR count). The Morgan fingerprint density at radius 1 is 0.772 bits per heavy atom. The van der Waals surface area contributed by atoms with Gasteiger partial charge < -0.3 is 14.3 Å². The minimum absolute atomic E-state index is 0. The normalized spacial score (nSPS) is 16.1. The first kappa shape index (κ1) is 39.4. The predicted octanol–water partition coefficient (Wildman–Crippen LogP) is 12.8. The number of hydrogen-bond donors (Lipinski definition) is 0. The number of fused-ring (bicyclic) bond motifs is 5. The molecule has 57 heavy (non-hydrogen) atoms. The van der Waals surface area contributed by atoms with Gasteiger partial charge in [0, 0.05) is 50.9 Å². The minimum atomic E-state index is -0.219. The van der Waals surface area contributed by atoms with Gasteiger partial charge in [-0.25, -0.2) is 4.98 Å². The van der Waals surface area contributed by atoms with Crippen molar-refractivity contribution < 1.29 is 25.8 Å². The Morgan fingerprint density at radius 2 is 1.42 bits per heavy atom. The van der Waals surface area contributed by atoms with Crippen LogP contribution in [0.1, 0.15) is 106 Å². The van der Waals surface area contributed by atoms with Crippen molar-refractivity contribution in [1.82, 2.24) is 9.55 Å². The van der Waals surface area contributed by atoms with Crippen molar-refractivity contribution >= 4 is 38.6 Å². The van der Waals surface area contributed by atoms with E-state index in [-0.39, 0.29) is 49.3 Å². The van der Waals surface area contributed by atoms with Gasteiger partial charge in [0.1, 0.15) is 5.82 Å². The van der Waals surface area contributed by atoms with Crippen molar-refractivity contribution in [2.75, 3.05) is 5.75 Å². The SMILES string of the molecule is Cc1cc2c3cc(C(C)(C)C)cc4c3n(c2[c-]c1Oc1[c-]c(C2=N[C@H](C(c3ccccc3)c3ccccc3)CS2)cc(C(C)(C)C)c1)-c1ncccc1C4(C)C.[Pt+2]. The number of ether oxygens (including phenoxy) is 1. The third kappa shape index (κ3) is 6.89. The second-order valence-electron chi connectivity index (χ2n) is 18.2. The molecule has 0 saturated carbocycles. The predicted molar refractivity (Wildman–Crippen MR) is 235 cm³/mol. The number of nitrogens with zero attached hydrogens (tertiary/aromatic N) is 3. The van der Waals surface area contributed by atoms with Crippen LogP contribution in [-0.4, -0.2) is 26.4 Å². The average molecular weight is 947 g/mol. The molecule has 2 aliphatic rings. The smallest absolute Gasteiger partial charge is 0.503 e. The molecule has 0 saturated heterocycles. The molecule has 0 unspecified atom stereocenters. The number of hydrogen-bond acceptors (Lipinski definition) is 4. The van der Waals surface area contributed by atoms with E-state index in [2.05, 4.69) is 182 Å². The number of pyridine rings is 1. The van der Waals surface area contributed by atoms with Gasteiger partial charge in [-0.1, -0.05) is 159 Å². The maximum atomic E-state index is 6.91. The first-order valence-electron chi connectivity index (χ1n) is 19.8. The van der Waals surface area contributed by atoms with Crippen LogP contribution < -0.4 is 4.74 Å². The first-order chi connectivity index (χ1) is 26.7. The fourth-order valence-electron chi connectivity index (χ4n) is 8.55. The van der Waals surface area contributed by atoms with Gasteiger partial charge in [-0.2, -0.15) is 17.8 Å². The summed E-state index contributed by atoms with van der Waals surface area (Å²) in [5, 5.41) is 3.40. The van der Waals surface area contributed by atoms with Crippen molar-refractivity contribution in [1.29, 1.82) is 0 Å². The average Bonchev–Trinajstić information content (AvgIpc) is 3.77. The van der Waals surface area contributed by atoms with E-state index in [1.807, 2.05) is 18.0 Å². The number of aromatic nitrogens is 2. The zero-order valence-electron chi connectivity index (χ0n) is 34.2. The number of rotatable bonds is 6. The Hall–Kier alpha value is -4.44. The van der Waals surface area contributed by atoms with Gasteiger partial charge in [0.25, 0.3) is 0 Å². The van der Waals surface area contributed by atoms with Crippen LogP contribution in [0.15, 0.2) is 114 Å². The molecular weight excluding hydrogens is 898 g/mol.